The van der Waals surface area contributed by atoms with Crippen molar-refractivity contribution in [2.24, 2.45) is 0 Å². The molecule has 1 aromatic carbocycles. The van der Waals surface area contributed by atoms with E-state index in [1.807, 2.05) is 26.0 Å². The second-order valence-electron chi connectivity index (χ2n) is 3.91. The molecule has 1 aliphatic heterocycles. The smallest absolute Gasteiger partial charge is 0.373 e. The molecular weight excluding hydrogens is 196 g/mol. The summed E-state index contributed by atoms with van der Waals surface area (Å²) in [5, 5.41) is 8.85. The number of rotatable bonds is 1. The summed E-state index contributed by atoms with van der Waals surface area (Å²) in [6.45, 7) is 3.65. The van der Waals surface area contributed by atoms with Gasteiger partial charge in [0.25, 0.3) is 6.29 Å². The first-order valence-corrected chi connectivity index (χ1v) is 4.67. The highest BCUT2D eigenvalue weighted by Gasteiger charge is 2.38. The second kappa shape index (κ2) is 3.24. The predicted molar refractivity (Wildman–Crippen MR) is 52.6 cm³/mol. The van der Waals surface area contributed by atoms with Crippen LogP contribution in [0.1, 0.15) is 19.4 Å². The van der Waals surface area contributed by atoms with Crippen LogP contribution >= 0.6 is 0 Å². The summed E-state index contributed by atoms with van der Waals surface area (Å²) in [4.78, 5) is 10.8. The van der Waals surface area contributed by atoms with Crippen LogP contribution in [-0.4, -0.2) is 17.4 Å². The number of carbonyl (C=O) groups is 1. The van der Waals surface area contributed by atoms with Crippen molar-refractivity contribution >= 4 is 5.97 Å². The molecule has 0 aliphatic carbocycles. The molecule has 2 rings (SSSR count). The number of fused-ring (bicyclic) bond motifs is 1. The summed E-state index contributed by atoms with van der Waals surface area (Å²) in [6.07, 6.45) is -1.23. The van der Waals surface area contributed by atoms with Crippen molar-refractivity contribution in [3.8, 4) is 5.75 Å². The number of benzene rings is 1. The Morgan fingerprint density at radius 1 is 1.40 bits per heavy atom. The number of ether oxygens (including phenoxy) is 2. The van der Waals surface area contributed by atoms with E-state index in [0.29, 0.717) is 5.75 Å². The van der Waals surface area contributed by atoms with Crippen molar-refractivity contribution in [2.75, 3.05) is 0 Å². The van der Waals surface area contributed by atoms with Gasteiger partial charge in [0.05, 0.1) is 5.60 Å². The number of carboxylic acid groups (broad SMARTS) is 1. The van der Waals surface area contributed by atoms with E-state index in [2.05, 4.69) is 0 Å². The van der Waals surface area contributed by atoms with Crippen molar-refractivity contribution < 1.29 is 19.4 Å². The lowest BCUT2D eigenvalue weighted by Gasteiger charge is -2.35. The van der Waals surface area contributed by atoms with Gasteiger partial charge in [-0.05, 0) is 19.9 Å². The average Bonchev–Trinajstić information content (AvgIpc) is 2.16. The van der Waals surface area contributed by atoms with Crippen LogP contribution in [0.2, 0.25) is 0 Å². The molecule has 0 aromatic heterocycles. The summed E-state index contributed by atoms with van der Waals surface area (Å²) in [5.74, 6) is -0.543. The van der Waals surface area contributed by atoms with Crippen molar-refractivity contribution in [1.29, 1.82) is 0 Å². The molecule has 1 atom stereocenters. The first kappa shape index (κ1) is 9.98. The Hall–Kier alpha value is -1.55. The Morgan fingerprint density at radius 3 is 2.73 bits per heavy atom. The molecule has 0 saturated carbocycles. The van der Waals surface area contributed by atoms with Gasteiger partial charge in [0.1, 0.15) is 5.75 Å². The first-order valence-electron chi connectivity index (χ1n) is 4.67. The molecule has 80 valence electrons. The van der Waals surface area contributed by atoms with E-state index >= 15 is 0 Å². The summed E-state index contributed by atoms with van der Waals surface area (Å²) < 4.78 is 10.5. The Morgan fingerprint density at radius 2 is 2.07 bits per heavy atom. The highest BCUT2D eigenvalue weighted by Crippen LogP contribution is 2.38. The third kappa shape index (κ3) is 1.68. The Balaban J connectivity index is 2.43. The zero-order valence-corrected chi connectivity index (χ0v) is 8.56. The van der Waals surface area contributed by atoms with Crippen molar-refractivity contribution in [3.63, 3.8) is 0 Å². The maximum absolute atomic E-state index is 10.8. The first-order chi connectivity index (χ1) is 7.00. The van der Waals surface area contributed by atoms with Crippen LogP contribution in [0.25, 0.3) is 0 Å². The van der Waals surface area contributed by atoms with E-state index in [9.17, 15) is 4.79 Å². The molecule has 0 fully saturated rings. The van der Waals surface area contributed by atoms with Crippen LogP contribution in [0.4, 0.5) is 0 Å². The van der Waals surface area contributed by atoms with Gasteiger partial charge >= 0.3 is 5.97 Å². The van der Waals surface area contributed by atoms with E-state index in [0.717, 1.165) is 5.56 Å². The molecule has 0 bridgehead atoms. The fourth-order valence-electron chi connectivity index (χ4n) is 1.64. The number of aliphatic carboxylic acids is 1. The molecule has 0 saturated heterocycles. The minimum absolute atomic E-state index is 0.571. The molecule has 1 N–H and O–H groups in total. The maximum Gasteiger partial charge on any atom is 0.373 e. The van der Waals surface area contributed by atoms with Crippen LogP contribution < -0.4 is 4.74 Å². The van der Waals surface area contributed by atoms with Gasteiger partial charge in [0.15, 0.2) is 0 Å². The SMILES string of the molecule is CC1(C)OC(C(=O)O)Oc2ccccc21. The van der Waals surface area contributed by atoms with E-state index in [-0.39, 0.29) is 0 Å². The normalized spacial score (nSPS) is 22.7. The summed E-state index contributed by atoms with van der Waals surface area (Å²) in [6, 6.07) is 7.29. The molecule has 1 aromatic rings. The number of para-hydroxylation sites is 1. The van der Waals surface area contributed by atoms with Crippen LogP contribution in [0.5, 0.6) is 5.75 Å². The number of hydrogen-bond acceptors (Lipinski definition) is 3. The average molecular weight is 208 g/mol. The number of hydrogen-bond donors (Lipinski definition) is 1. The molecule has 15 heavy (non-hydrogen) atoms. The molecule has 1 unspecified atom stereocenters. The van der Waals surface area contributed by atoms with E-state index in [1.54, 1.807) is 12.1 Å². The summed E-state index contributed by atoms with van der Waals surface area (Å²) in [5.41, 5.74) is 0.222. The quantitative estimate of drug-likeness (QED) is 0.763. The van der Waals surface area contributed by atoms with Gasteiger partial charge in [0, 0.05) is 5.56 Å². The Labute approximate surface area is 87.4 Å². The highest BCUT2D eigenvalue weighted by molar-refractivity contribution is 5.71. The lowest BCUT2D eigenvalue weighted by molar-refractivity contribution is -0.206. The van der Waals surface area contributed by atoms with Crippen LogP contribution in [-0.2, 0) is 15.1 Å². The fourth-order valence-corrected chi connectivity index (χ4v) is 1.64. The fraction of sp³-hybridized carbons (Fsp3) is 0.364. The van der Waals surface area contributed by atoms with E-state index in [1.165, 1.54) is 0 Å². The molecule has 4 heteroatoms. The number of carboxylic acids is 1. The lowest BCUT2D eigenvalue weighted by Crippen LogP contribution is -2.42. The van der Waals surface area contributed by atoms with E-state index in [4.69, 9.17) is 14.6 Å². The van der Waals surface area contributed by atoms with Crippen LogP contribution in [0.3, 0.4) is 0 Å². The molecule has 0 radical (unpaired) electrons. The van der Waals surface area contributed by atoms with Gasteiger partial charge in [0.2, 0.25) is 0 Å². The maximum atomic E-state index is 10.8. The van der Waals surface area contributed by atoms with Gasteiger partial charge in [-0.2, -0.15) is 0 Å². The van der Waals surface area contributed by atoms with Crippen molar-refractivity contribution in [3.05, 3.63) is 29.8 Å². The van der Waals surface area contributed by atoms with Gasteiger partial charge < -0.3 is 14.6 Å². The predicted octanol–water partition coefficient (Wildman–Crippen LogP) is 1.74. The van der Waals surface area contributed by atoms with Gasteiger partial charge in [-0.25, -0.2) is 4.79 Å². The van der Waals surface area contributed by atoms with E-state index < -0.39 is 17.9 Å². The molecule has 0 amide bonds. The second-order valence-corrected chi connectivity index (χ2v) is 3.91. The summed E-state index contributed by atoms with van der Waals surface area (Å²) in [7, 11) is 0. The zero-order valence-electron chi connectivity index (χ0n) is 8.56. The molecule has 1 aliphatic rings. The lowest BCUT2D eigenvalue weighted by atomic mass is 9.96. The van der Waals surface area contributed by atoms with Crippen molar-refractivity contribution in [1.82, 2.24) is 0 Å². The molecule has 0 spiro atoms. The van der Waals surface area contributed by atoms with Crippen LogP contribution in [0.15, 0.2) is 24.3 Å². The minimum Gasteiger partial charge on any atom is -0.477 e. The van der Waals surface area contributed by atoms with Crippen molar-refractivity contribution in [2.45, 2.75) is 25.7 Å². The standard InChI is InChI=1S/C11H12O4/c1-11(2)7-5-3-4-6-8(7)14-10(15-11)9(12)13/h3-6,10H,1-2H3,(H,12,13). The topological polar surface area (TPSA) is 55.8 Å². The third-order valence-corrected chi connectivity index (χ3v) is 2.37. The Bertz CT molecular complexity index is 397. The summed E-state index contributed by atoms with van der Waals surface area (Å²) >= 11 is 0. The highest BCUT2D eigenvalue weighted by atomic mass is 16.7. The van der Waals surface area contributed by atoms with Gasteiger partial charge in [-0.1, -0.05) is 18.2 Å². The third-order valence-electron chi connectivity index (χ3n) is 2.37. The molecule has 1 heterocycles. The largest absolute Gasteiger partial charge is 0.477 e. The molecule has 4 nitrogen and oxygen atoms in total. The Kier molecular flexibility index (Phi) is 2.16. The van der Waals surface area contributed by atoms with Gasteiger partial charge in [-0.15, -0.1) is 0 Å². The van der Waals surface area contributed by atoms with Gasteiger partial charge in [-0.3, -0.25) is 0 Å². The molecular formula is C11H12O4. The minimum atomic E-state index is -1.23. The van der Waals surface area contributed by atoms with Crippen LogP contribution in [0, 0.1) is 0 Å². The zero-order chi connectivity index (χ0) is 11.1. The monoisotopic (exact) mass is 208 g/mol.